The predicted octanol–water partition coefficient (Wildman–Crippen LogP) is 6.05. The van der Waals surface area contributed by atoms with E-state index in [2.05, 4.69) is 15.3 Å². The number of fused-ring (bicyclic) bond motifs is 1. The van der Waals surface area contributed by atoms with E-state index in [-0.39, 0.29) is 11.6 Å². The quantitative estimate of drug-likeness (QED) is 0.438. The third-order valence-electron chi connectivity index (χ3n) is 3.97. The van der Waals surface area contributed by atoms with E-state index in [9.17, 15) is 0 Å². The van der Waals surface area contributed by atoms with Crippen molar-refractivity contribution in [3.05, 3.63) is 77.0 Å². The van der Waals surface area contributed by atoms with Gasteiger partial charge in [0.1, 0.15) is 17.8 Å². The second-order valence-electron chi connectivity index (χ2n) is 5.81. The Kier molecular flexibility index (Phi) is 4.71. The maximum Gasteiger partial charge on any atom is 0.248 e. The second kappa shape index (κ2) is 7.31. The molecule has 1 aromatic heterocycles. The number of rotatable bonds is 4. The molecule has 0 aliphatic rings. The molecule has 0 bridgehead atoms. The van der Waals surface area contributed by atoms with Gasteiger partial charge in [0.25, 0.3) is 0 Å². The van der Waals surface area contributed by atoms with E-state index >= 15 is 0 Å². The highest BCUT2D eigenvalue weighted by Gasteiger charge is 2.11. The number of nitrogens with zero attached hydrogens (tertiary/aromatic N) is 2. The molecule has 3 N–H and O–H groups in total. The molecule has 4 aromatic rings. The van der Waals surface area contributed by atoms with Crippen molar-refractivity contribution in [2.45, 2.75) is 0 Å². The van der Waals surface area contributed by atoms with Gasteiger partial charge < -0.3 is 15.8 Å². The van der Waals surface area contributed by atoms with Gasteiger partial charge in [-0.2, -0.15) is 4.98 Å². The summed E-state index contributed by atoms with van der Waals surface area (Å²) in [5.74, 6) is 1.32. The predicted molar refractivity (Wildman–Crippen MR) is 110 cm³/mol. The molecule has 0 saturated heterocycles. The molecule has 0 aliphatic heterocycles. The summed E-state index contributed by atoms with van der Waals surface area (Å²) in [6.07, 6.45) is 1.38. The molecule has 0 amide bonds. The van der Waals surface area contributed by atoms with Crippen molar-refractivity contribution in [1.82, 2.24) is 9.97 Å². The highest BCUT2D eigenvalue weighted by atomic mass is 35.5. The van der Waals surface area contributed by atoms with Crippen LogP contribution in [0.1, 0.15) is 0 Å². The van der Waals surface area contributed by atoms with Crippen molar-refractivity contribution in [1.29, 1.82) is 0 Å². The Morgan fingerprint density at radius 1 is 0.852 bits per heavy atom. The van der Waals surface area contributed by atoms with Crippen LogP contribution in [-0.4, -0.2) is 9.97 Å². The molecule has 0 atom stereocenters. The first-order valence-electron chi connectivity index (χ1n) is 8.09. The molecule has 0 unspecified atom stereocenters. The van der Waals surface area contributed by atoms with Crippen molar-refractivity contribution in [2.75, 3.05) is 11.1 Å². The minimum atomic E-state index is 0.267. The summed E-state index contributed by atoms with van der Waals surface area (Å²) in [6.45, 7) is 0. The van der Waals surface area contributed by atoms with Crippen molar-refractivity contribution < 1.29 is 4.74 Å². The van der Waals surface area contributed by atoms with Crippen LogP contribution >= 0.6 is 23.2 Å². The van der Waals surface area contributed by atoms with Gasteiger partial charge in [-0.3, -0.25) is 0 Å². The van der Waals surface area contributed by atoms with Crippen LogP contribution in [0.5, 0.6) is 11.6 Å². The lowest BCUT2D eigenvalue weighted by atomic mass is 10.1. The van der Waals surface area contributed by atoms with Gasteiger partial charge in [-0.25, -0.2) is 4.98 Å². The van der Waals surface area contributed by atoms with Crippen LogP contribution in [0.25, 0.3) is 10.8 Å². The molecule has 5 nitrogen and oxygen atoms in total. The van der Waals surface area contributed by atoms with E-state index in [1.165, 1.54) is 6.33 Å². The number of nitrogen functional groups attached to an aromatic ring is 1. The minimum absolute atomic E-state index is 0.267. The van der Waals surface area contributed by atoms with E-state index < -0.39 is 0 Å². The Morgan fingerprint density at radius 3 is 2.48 bits per heavy atom. The standard InChI is InChI=1S/C20H14Cl2N4O/c21-16-8-6-14(10-17(16)22)26-19-18(23)20(25-11-24-19)27-15-7-5-12-3-1-2-4-13(12)9-15/h1-11H,23H2,(H,24,25,26). The number of nitrogens with one attached hydrogen (secondary N) is 1. The lowest BCUT2D eigenvalue weighted by Gasteiger charge is -2.12. The van der Waals surface area contributed by atoms with E-state index in [4.69, 9.17) is 33.7 Å². The summed E-state index contributed by atoms with van der Waals surface area (Å²) in [6, 6.07) is 19.0. The summed E-state index contributed by atoms with van der Waals surface area (Å²) in [5, 5.41) is 6.19. The molecule has 134 valence electrons. The van der Waals surface area contributed by atoms with Crippen LogP contribution in [0, 0.1) is 0 Å². The molecule has 3 aromatic carbocycles. The number of anilines is 3. The van der Waals surface area contributed by atoms with Gasteiger partial charge >= 0.3 is 0 Å². The van der Waals surface area contributed by atoms with Crippen molar-refractivity contribution in [3.8, 4) is 11.6 Å². The molecule has 0 radical (unpaired) electrons. The summed E-state index contributed by atoms with van der Waals surface area (Å²) < 4.78 is 5.88. The first-order chi connectivity index (χ1) is 13.1. The monoisotopic (exact) mass is 396 g/mol. The highest BCUT2D eigenvalue weighted by molar-refractivity contribution is 6.42. The Morgan fingerprint density at radius 2 is 1.67 bits per heavy atom. The van der Waals surface area contributed by atoms with Crippen LogP contribution in [0.3, 0.4) is 0 Å². The van der Waals surface area contributed by atoms with Gasteiger partial charge in [0, 0.05) is 5.69 Å². The average Bonchev–Trinajstić information content (AvgIpc) is 2.68. The zero-order valence-corrected chi connectivity index (χ0v) is 15.5. The van der Waals surface area contributed by atoms with E-state index in [1.54, 1.807) is 18.2 Å². The zero-order valence-electron chi connectivity index (χ0n) is 14.0. The number of benzene rings is 3. The van der Waals surface area contributed by atoms with Gasteiger partial charge in [-0.1, -0.05) is 53.5 Å². The molecule has 4 rings (SSSR count). The Bertz CT molecular complexity index is 1130. The first-order valence-corrected chi connectivity index (χ1v) is 8.85. The smallest absolute Gasteiger partial charge is 0.248 e. The van der Waals surface area contributed by atoms with Crippen LogP contribution in [-0.2, 0) is 0 Å². The molecule has 0 saturated carbocycles. The van der Waals surface area contributed by atoms with Gasteiger partial charge in [-0.15, -0.1) is 0 Å². The second-order valence-corrected chi connectivity index (χ2v) is 6.62. The Balaban J connectivity index is 1.61. The van der Waals surface area contributed by atoms with Crippen molar-refractivity contribution in [2.24, 2.45) is 0 Å². The molecular weight excluding hydrogens is 383 g/mol. The van der Waals surface area contributed by atoms with Crippen LogP contribution in [0.15, 0.2) is 67.0 Å². The number of hydrogen-bond acceptors (Lipinski definition) is 5. The summed E-state index contributed by atoms with van der Waals surface area (Å²) in [5.41, 5.74) is 7.18. The van der Waals surface area contributed by atoms with E-state index in [1.807, 2.05) is 42.5 Å². The lowest BCUT2D eigenvalue weighted by molar-refractivity contribution is 0.465. The minimum Gasteiger partial charge on any atom is -0.437 e. The molecule has 7 heteroatoms. The molecular formula is C20H14Cl2N4O. The number of nitrogens with two attached hydrogens (primary N) is 1. The number of aromatic nitrogens is 2. The SMILES string of the molecule is Nc1c(Nc2ccc(Cl)c(Cl)c2)ncnc1Oc1ccc2ccccc2c1. The summed E-state index contributed by atoms with van der Waals surface area (Å²) >= 11 is 12.0. The molecule has 27 heavy (non-hydrogen) atoms. The molecule has 0 aliphatic carbocycles. The first kappa shape index (κ1) is 17.4. The number of halogens is 2. The lowest BCUT2D eigenvalue weighted by Crippen LogP contribution is -2.03. The molecule has 0 spiro atoms. The van der Waals surface area contributed by atoms with Crippen LogP contribution in [0.4, 0.5) is 17.2 Å². The van der Waals surface area contributed by atoms with Gasteiger partial charge in [-0.05, 0) is 41.1 Å². The number of hydrogen-bond donors (Lipinski definition) is 2. The Hall–Kier alpha value is -3.02. The average molecular weight is 397 g/mol. The van der Waals surface area contributed by atoms with E-state index in [0.29, 0.717) is 27.3 Å². The zero-order chi connectivity index (χ0) is 18.8. The fourth-order valence-corrected chi connectivity index (χ4v) is 2.91. The maximum atomic E-state index is 6.19. The maximum absolute atomic E-state index is 6.19. The molecule has 0 fully saturated rings. The third-order valence-corrected chi connectivity index (χ3v) is 4.70. The van der Waals surface area contributed by atoms with Gasteiger partial charge in [0.2, 0.25) is 5.88 Å². The Labute approximate surface area is 165 Å². The topological polar surface area (TPSA) is 73.1 Å². The van der Waals surface area contributed by atoms with Crippen LogP contribution in [0.2, 0.25) is 10.0 Å². The third kappa shape index (κ3) is 3.74. The van der Waals surface area contributed by atoms with Gasteiger partial charge in [0.05, 0.1) is 10.0 Å². The number of ether oxygens (including phenoxy) is 1. The van der Waals surface area contributed by atoms with E-state index in [0.717, 1.165) is 10.8 Å². The fourth-order valence-electron chi connectivity index (χ4n) is 2.61. The van der Waals surface area contributed by atoms with Crippen LogP contribution < -0.4 is 15.8 Å². The highest BCUT2D eigenvalue weighted by Crippen LogP contribution is 2.33. The van der Waals surface area contributed by atoms with Crippen molar-refractivity contribution >= 4 is 51.2 Å². The van der Waals surface area contributed by atoms with Gasteiger partial charge in [0.15, 0.2) is 5.82 Å². The molecule has 1 heterocycles. The normalized spacial score (nSPS) is 10.7. The largest absolute Gasteiger partial charge is 0.437 e. The summed E-state index contributed by atoms with van der Waals surface area (Å²) in [7, 11) is 0. The fraction of sp³-hybridized carbons (Fsp3) is 0. The van der Waals surface area contributed by atoms with Crippen molar-refractivity contribution in [3.63, 3.8) is 0 Å². The summed E-state index contributed by atoms with van der Waals surface area (Å²) in [4.78, 5) is 8.32.